The number of halogens is 1. The Balaban J connectivity index is 1.49. The van der Waals surface area contributed by atoms with Crippen LogP contribution in [0, 0.1) is 5.82 Å². The van der Waals surface area contributed by atoms with Gasteiger partial charge >= 0.3 is 0 Å². The van der Waals surface area contributed by atoms with Crippen LogP contribution in [0.25, 0.3) is 11.3 Å². The number of nitrogens with one attached hydrogen (secondary N) is 2. The fourth-order valence-corrected chi connectivity index (χ4v) is 3.62. The molecule has 7 heteroatoms. The summed E-state index contributed by atoms with van der Waals surface area (Å²) in [4.78, 5) is 17.1. The Labute approximate surface area is 177 Å². The highest BCUT2D eigenvalue weighted by Crippen LogP contribution is 2.29. The number of aromatic nitrogens is 1. The van der Waals surface area contributed by atoms with Crippen molar-refractivity contribution in [3.8, 4) is 17.0 Å². The Hall–Kier alpha value is -3.71. The number of anilines is 3. The van der Waals surface area contributed by atoms with Crippen LogP contribution < -0.4 is 15.4 Å². The lowest BCUT2D eigenvalue weighted by Crippen LogP contribution is -2.11. The highest BCUT2D eigenvalue weighted by molar-refractivity contribution is 7.14. The number of hydrogen-bond donors (Lipinski definition) is 2. The minimum atomic E-state index is -0.309. The third-order valence-corrected chi connectivity index (χ3v) is 5.09. The second kappa shape index (κ2) is 8.75. The summed E-state index contributed by atoms with van der Waals surface area (Å²) in [5.41, 5.74) is 3.43. The second-order valence-electron chi connectivity index (χ2n) is 6.44. The number of benzene rings is 3. The van der Waals surface area contributed by atoms with Gasteiger partial charge in [0.2, 0.25) is 0 Å². The molecule has 0 atom stereocenters. The van der Waals surface area contributed by atoms with E-state index in [2.05, 4.69) is 15.6 Å². The summed E-state index contributed by atoms with van der Waals surface area (Å²) in [6.45, 7) is 0. The van der Waals surface area contributed by atoms with Crippen molar-refractivity contribution >= 4 is 33.8 Å². The highest BCUT2D eigenvalue weighted by atomic mass is 32.1. The molecule has 0 aliphatic carbocycles. The van der Waals surface area contributed by atoms with Crippen LogP contribution in [0.2, 0.25) is 0 Å². The molecule has 0 bridgehead atoms. The van der Waals surface area contributed by atoms with Crippen LogP contribution in [0.5, 0.6) is 5.75 Å². The van der Waals surface area contributed by atoms with Crippen molar-refractivity contribution in [3.63, 3.8) is 0 Å². The Morgan fingerprint density at radius 1 is 1.00 bits per heavy atom. The standard InChI is InChI=1S/C23H18FN3O2S/c1-29-20-10-3-6-16(12-20)22(28)25-18-8-2-5-15(11-18)21-14-30-23(27-21)26-19-9-4-7-17(24)13-19/h2-14H,1H3,(H,25,28)(H,26,27). The van der Waals surface area contributed by atoms with Crippen molar-refractivity contribution in [2.24, 2.45) is 0 Å². The molecule has 4 aromatic rings. The number of carbonyl (C=O) groups is 1. The number of thiazole rings is 1. The topological polar surface area (TPSA) is 63.2 Å². The van der Waals surface area contributed by atoms with Crippen LogP contribution >= 0.6 is 11.3 Å². The van der Waals surface area contributed by atoms with Crippen molar-refractivity contribution in [2.45, 2.75) is 0 Å². The van der Waals surface area contributed by atoms with E-state index < -0.39 is 0 Å². The molecule has 0 radical (unpaired) electrons. The average molecular weight is 419 g/mol. The van der Waals surface area contributed by atoms with Crippen molar-refractivity contribution in [2.75, 3.05) is 17.7 Å². The van der Waals surface area contributed by atoms with E-state index in [0.29, 0.717) is 27.8 Å². The van der Waals surface area contributed by atoms with Crippen LogP contribution in [-0.4, -0.2) is 18.0 Å². The first kappa shape index (κ1) is 19.6. The third kappa shape index (κ3) is 4.64. The smallest absolute Gasteiger partial charge is 0.255 e. The summed E-state index contributed by atoms with van der Waals surface area (Å²) in [6.07, 6.45) is 0. The number of carbonyl (C=O) groups excluding carboxylic acids is 1. The molecular formula is C23H18FN3O2S. The van der Waals surface area contributed by atoms with Gasteiger partial charge in [0.05, 0.1) is 12.8 Å². The summed E-state index contributed by atoms with van der Waals surface area (Å²) < 4.78 is 18.5. The first-order valence-electron chi connectivity index (χ1n) is 9.15. The fourth-order valence-electron chi connectivity index (χ4n) is 2.88. The van der Waals surface area contributed by atoms with Gasteiger partial charge in [-0.2, -0.15) is 0 Å². The molecule has 3 aromatic carbocycles. The molecule has 150 valence electrons. The minimum Gasteiger partial charge on any atom is -0.497 e. The molecule has 1 aromatic heterocycles. The molecule has 4 rings (SSSR count). The van der Waals surface area contributed by atoms with Crippen LogP contribution in [-0.2, 0) is 0 Å². The molecule has 5 nitrogen and oxygen atoms in total. The van der Waals surface area contributed by atoms with Crippen molar-refractivity contribution < 1.29 is 13.9 Å². The van der Waals surface area contributed by atoms with Crippen molar-refractivity contribution in [1.29, 1.82) is 0 Å². The fraction of sp³-hybridized carbons (Fsp3) is 0.0435. The van der Waals surface area contributed by atoms with Crippen LogP contribution in [0.15, 0.2) is 78.2 Å². The quantitative estimate of drug-likeness (QED) is 0.405. The Morgan fingerprint density at radius 3 is 2.63 bits per heavy atom. The Bertz CT molecular complexity index is 1190. The number of hydrogen-bond acceptors (Lipinski definition) is 5. The number of rotatable bonds is 6. The number of ether oxygens (including phenoxy) is 1. The number of amides is 1. The highest BCUT2D eigenvalue weighted by Gasteiger charge is 2.10. The van der Waals surface area contributed by atoms with Gasteiger partial charge in [0.1, 0.15) is 11.6 Å². The van der Waals surface area contributed by atoms with E-state index >= 15 is 0 Å². The van der Waals surface area contributed by atoms with E-state index in [1.54, 1.807) is 43.5 Å². The van der Waals surface area contributed by atoms with E-state index in [1.807, 2.05) is 29.6 Å². The van der Waals surface area contributed by atoms with Crippen molar-refractivity contribution in [3.05, 3.63) is 89.6 Å². The van der Waals surface area contributed by atoms with E-state index in [-0.39, 0.29) is 11.7 Å². The first-order valence-corrected chi connectivity index (χ1v) is 10.0. The third-order valence-electron chi connectivity index (χ3n) is 4.33. The number of methoxy groups -OCH3 is 1. The molecule has 2 N–H and O–H groups in total. The average Bonchev–Trinajstić information content (AvgIpc) is 3.22. The molecule has 1 heterocycles. The Kier molecular flexibility index (Phi) is 5.72. The normalized spacial score (nSPS) is 10.5. The molecule has 0 aliphatic rings. The summed E-state index contributed by atoms with van der Waals surface area (Å²) in [6, 6.07) is 20.6. The zero-order chi connectivity index (χ0) is 20.9. The largest absolute Gasteiger partial charge is 0.497 e. The maximum atomic E-state index is 13.4. The second-order valence-corrected chi connectivity index (χ2v) is 7.30. The van der Waals surface area contributed by atoms with E-state index in [0.717, 1.165) is 11.3 Å². The van der Waals surface area contributed by atoms with Gasteiger partial charge in [0.25, 0.3) is 5.91 Å². The predicted molar refractivity (Wildman–Crippen MR) is 118 cm³/mol. The van der Waals surface area contributed by atoms with Gasteiger partial charge in [-0.1, -0.05) is 24.3 Å². The molecule has 0 fully saturated rings. The molecule has 30 heavy (non-hydrogen) atoms. The van der Waals surface area contributed by atoms with Crippen LogP contribution in [0.1, 0.15) is 10.4 Å². The van der Waals surface area contributed by atoms with Crippen molar-refractivity contribution in [1.82, 2.24) is 4.98 Å². The zero-order valence-corrected chi connectivity index (χ0v) is 16.9. The van der Waals surface area contributed by atoms with Gasteiger partial charge in [0, 0.05) is 27.9 Å². The summed E-state index contributed by atoms with van der Waals surface area (Å²) in [5, 5.41) is 8.56. The lowest BCUT2D eigenvalue weighted by atomic mass is 10.1. The lowest BCUT2D eigenvalue weighted by molar-refractivity contribution is 0.102. The maximum absolute atomic E-state index is 13.4. The minimum absolute atomic E-state index is 0.224. The summed E-state index contributed by atoms with van der Waals surface area (Å²) >= 11 is 1.42. The van der Waals surface area contributed by atoms with Crippen LogP contribution in [0.4, 0.5) is 20.9 Å². The number of nitrogens with zero attached hydrogens (tertiary/aromatic N) is 1. The molecular weight excluding hydrogens is 401 g/mol. The predicted octanol–water partition coefficient (Wildman–Crippen LogP) is 5.95. The summed E-state index contributed by atoms with van der Waals surface area (Å²) in [5.74, 6) is 0.0891. The SMILES string of the molecule is COc1cccc(C(=O)Nc2cccc(-c3csc(Nc4cccc(F)c4)n3)c2)c1. The monoisotopic (exact) mass is 419 g/mol. The van der Waals surface area contributed by atoms with Gasteiger partial charge in [-0.25, -0.2) is 9.37 Å². The molecule has 0 saturated heterocycles. The zero-order valence-electron chi connectivity index (χ0n) is 16.1. The van der Waals surface area contributed by atoms with Gasteiger partial charge in [-0.3, -0.25) is 4.79 Å². The molecule has 0 unspecified atom stereocenters. The van der Waals surface area contributed by atoms with E-state index in [9.17, 15) is 9.18 Å². The van der Waals surface area contributed by atoms with Gasteiger partial charge in [-0.05, 0) is 48.5 Å². The van der Waals surface area contributed by atoms with Gasteiger partial charge < -0.3 is 15.4 Å². The molecule has 0 spiro atoms. The lowest BCUT2D eigenvalue weighted by Gasteiger charge is -2.08. The molecule has 0 saturated carbocycles. The van der Waals surface area contributed by atoms with Gasteiger partial charge in [-0.15, -0.1) is 11.3 Å². The first-order chi connectivity index (χ1) is 14.6. The summed E-state index contributed by atoms with van der Waals surface area (Å²) in [7, 11) is 1.56. The Morgan fingerprint density at radius 2 is 1.80 bits per heavy atom. The van der Waals surface area contributed by atoms with Crippen LogP contribution in [0.3, 0.4) is 0 Å². The molecule has 1 amide bonds. The molecule has 0 aliphatic heterocycles. The van der Waals surface area contributed by atoms with E-state index in [4.69, 9.17) is 4.74 Å². The van der Waals surface area contributed by atoms with E-state index in [1.165, 1.54) is 23.5 Å². The van der Waals surface area contributed by atoms with Gasteiger partial charge in [0.15, 0.2) is 5.13 Å². The maximum Gasteiger partial charge on any atom is 0.255 e.